The summed E-state index contributed by atoms with van der Waals surface area (Å²) in [5.74, 6) is -0.197. The van der Waals surface area contributed by atoms with E-state index in [9.17, 15) is 13.2 Å². The molecule has 4 aromatic rings. The first kappa shape index (κ1) is 30.2. The average molecular weight is 622 g/mol. The van der Waals surface area contributed by atoms with Crippen molar-refractivity contribution in [2.24, 2.45) is 0 Å². The van der Waals surface area contributed by atoms with Crippen molar-refractivity contribution < 1.29 is 17.9 Å². The van der Waals surface area contributed by atoms with Gasteiger partial charge in [-0.15, -0.1) is 12.4 Å². The van der Waals surface area contributed by atoms with Crippen molar-refractivity contribution in [1.82, 2.24) is 9.88 Å². The second-order valence-corrected chi connectivity index (χ2v) is 12.5. The molecular weight excluding hydrogens is 591 g/mol. The Balaban J connectivity index is 0.00000370. The maximum atomic E-state index is 13.8. The maximum Gasteiger partial charge on any atom is 0.261 e. The fourth-order valence-electron chi connectivity index (χ4n) is 4.47. The number of aryl methyl sites for hydroxylation is 1. The number of halogens is 2. The van der Waals surface area contributed by atoms with Gasteiger partial charge in [-0.1, -0.05) is 41.1 Å². The third kappa shape index (κ3) is 7.12. The van der Waals surface area contributed by atoms with Crippen LogP contribution in [0.2, 0.25) is 5.02 Å². The minimum Gasteiger partial charge on any atom is -0.379 e. The number of ether oxygens (including phenoxy) is 1. The summed E-state index contributed by atoms with van der Waals surface area (Å²) in [5.41, 5.74) is 2.60. The quantitative estimate of drug-likeness (QED) is 0.252. The molecule has 2 heterocycles. The smallest absolute Gasteiger partial charge is 0.261 e. The van der Waals surface area contributed by atoms with E-state index in [1.807, 2.05) is 19.1 Å². The van der Waals surface area contributed by atoms with Crippen LogP contribution in [0.25, 0.3) is 10.2 Å². The van der Waals surface area contributed by atoms with Crippen molar-refractivity contribution in [2.75, 3.05) is 49.0 Å². The first-order valence-corrected chi connectivity index (χ1v) is 15.3. The lowest BCUT2D eigenvalue weighted by atomic mass is 10.2. The summed E-state index contributed by atoms with van der Waals surface area (Å²) in [6.45, 7) is 6.51. The normalized spacial score (nSPS) is 14.1. The number of hydrogen-bond donors (Lipinski definition) is 1. The van der Waals surface area contributed by atoms with E-state index in [0.717, 1.165) is 55.0 Å². The molecule has 0 saturated carbocycles. The van der Waals surface area contributed by atoms with Crippen molar-refractivity contribution in [3.63, 3.8) is 0 Å². The minimum atomic E-state index is -3.73. The van der Waals surface area contributed by atoms with Gasteiger partial charge in [0.2, 0.25) is 0 Å². The summed E-state index contributed by atoms with van der Waals surface area (Å²) < 4.78 is 34.3. The minimum absolute atomic E-state index is 0. The molecule has 3 aromatic carbocycles. The molecule has 0 unspecified atom stereocenters. The molecule has 12 heteroatoms. The molecule has 1 aromatic heterocycles. The fourth-order valence-corrected chi connectivity index (χ4v) is 6.99. The van der Waals surface area contributed by atoms with Crippen LogP contribution in [0.3, 0.4) is 0 Å². The molecule has 40 heavy (non-hydrogen) atoms. The summed E-state index contributed by atoms with van der Waals surface area (Å²) >= 11 is 7.71. The number of morpholine rings is 1. The zero-order chi connectivity index (χ0) is 27.4. The number of thiazole rings is 1. The summed E-state index contributed by atoms with van der Waals surface area (Å²) in [5, 5.41) is 1.24. The Hall–Kier alpha value is -2.73. The van der Waals surface area contributed by atoms with Crippen LogP contribution in [0.5, 0.6) is 0 Å². The van der Waals surface area contributed by atoms with Gasteiger partial charge in [0, 0.05) is 42.5 Å². The van der Waals surface area contributed by atoms with Gasteiger partial charge in [0.15, 0.2) is 5.13 Å². The maximum absolute atomic E-state index is 13.8. The summed E-state index contributed by atoms with van der Waals surface area (Å²) in [6.07, 6.45) is 0.774. The zero-order valence-corrected chi connectivity index (χ0v) is 25.1. The van der Waals surface area contributed by atoms with E-state index in [0.29, 0.717) is 27.9 Å². The third-order valence-electron chi connectivity index (χ3n) is 6.51. The van der Waals surface area contributed by atoms with Crippen LogP contribution in [0.15, 0.2) is 71.6 Å². The zero-order valence-electron chi connectivity index (χ0n) is 21.9. The van der Waals surface area contributed by atoms with Gasteiger partial charge in [-0.05, 0) is 67.4 Å². The summed E-state index contributed by atoms with van der Waals surface area (Å²) in [6, 6.07) is 18.4. The number of sulfonamides is 1. The highest BCUT2D eigenvalue weighted by Crippen LogP contribution is 2.34. The van der Waals surface area contributed by atoms with Crippen LogP contribution >= 0.6 is 35.3 Å². The Bertz CT molecular complexity index is 1560. The SMILES string of the molecule is Cc1cc(Cl)cc2sc(N(CCCN3CCOCC3)C(=O)c3ccc(NS(=O)(=O)c4ccccc4)cc3)nc12.Cl. The first-order chi connectivity index (χ1) is 18.8. The molecule has 8 nitrogen and oxygen atoms in total. The number of carbonyl (C=O) groups excluding carboxylic acids is 1. The summed E-state index contributed by atoms with van der Waals surface area (Å²) in [4.78, 5) is 22.8. The number of aromatic nitrogens is 1. The molecule has 1 N–H and O–H groups in total. The van der Waals surface area contributed by atoms with Gasteiger partial charge in [0.1, 0.15) is 0 Å². The van der Waals surface area contributed by atoms with Gasteiger partial charge < -0.3 is 4.74 Å². The monoisotopic (exact) mass is 620 g/mol. The van der Waals surface area contributed by atoms with Gasteiger partial charge in [0.05, 0.1) is 28.3 Å². The van der Waals surface area contributed by atoms with Crippen molar-refractivity contribution in [3.8, 4) is 0 Å². The third-order valence-corrected chi connectivity index (χ3v) is 9.15. The fraction of sp³-hybridized carbons (Fsp3) is 0.286. The number of nitrogens with zero attached hydrogens (tertiary/aromatic N) is 3. The number of carbonyl (C=O) groups is 1. The molecule has 1 amide bonds. The van der Waals surface area contributed by atoms with Gasteiger partial charge in [-0.2, -0.15) is 0 Å². The van der Waals surface area contributed by atoms with Crippen LogP contribution < -0.4 is 9.62 Å². The Kier molecular flexibility index (Phi) is 10.0. The van der Waals surface area contributed by atoms with Crippen LogP contribution in [-0.2, 0) is 14.8 Å². The molecule has 1 saturated heterocycles. The molecule has 1 aliphatic rings. The predicted molar refractivity (Wildman–Crippen MR) is 164 cm³/mol. The van der Waals surface area contributed by atoms with Crippen LogP contribution in [-0.4, -0.2) is 63.6 Å². The molecule has 212 valence electrons. The second-order valence-electron chi connectivity index (χ2n) is 9.33. The van der Waals surface area contributed by atoms with E-state index in [1.165, 1.54) is 23.5 Å². The number of hydrogen-bond acceptors (Lipinski definition) is 7. The number of nitrogens with one attached hydrogen (secondary N) is 1. The number of amides is 1. The molecular formula is C28H30Cl2N4O4S2. The second kappa shape index (κ2) is 13.3. The van der Waals surface area contributed by atoms with E-state index in [-0.39, 0.29) is 23.2 Å². The first-order valence-electron chi connectivity index (χ1n) is 12.7. The van der Waals surface area contributed by atoms with Crippen molar-refractivity contribution in [3.05, 3.63) is 82.9 Å². The van der Waals surface area contributed by atoms with Crippen LogP contribution in [0.1, 0.15) is 22.3 Å². The number of anilines is 2. The van der Waals surface area contributed by atoms with Gasteiger partial charge in [-0.3, -0.25) is 19.3 Å². The van der Waals surface area contributed by atoms with Crippen molar-refractivity contribution in [1.29, 1.82) is 0 Å². The Morgan fingerprint density at radius 2 is 1.80 bits per heavy atom. The Morgan fingerprint density at radius 1 is 1.10 bits per heavy atom. The molecule has 1 fully saturated rings. The number of rotatable bonds is 9. The summed E-state index contributed by atoms with van der Waals surface area (Å²) in [7, 11) is -3.73. The highest BCUT2D eigenvalue weighted by Gasteiger charge is 2.23. The van der Waals surface area contributed by atoms with Crippen molar-refractivity contribution in [2.45, 2.75) is 18.2 Å². The lowest BCUT2D eigenvalue weighted by Gasteiger charge is -2.27. The molecule has 0 atom stereocenters. The van der Waals surface area contributed by atoms with Crippen molar-refractivity contribution >= 4 is 72.3 Å². The number of fused-ring (bicyclic) bond motifs is 1. The topological polar surface area (TPSA) is 91.8 Å². The van der Waals surface area contributed by atoms with E-state index in [1.54, 1.807) is 47.4 Å². The Morgan fingerprint density at radius 3 is 2.50 bits per heavy atom. The van der Waals surface area contributed by atoms with Gasteiger partial charge in [0.25, 0.3) is 15.9 Å². The van der Waals surface area contributed by atoms with Crippen LogP contribution in [0.4, 0.5) is 10.8 Å². The Labute approximate surface area is 249 Å². The van der Waals surface area contributed by atoms with E-state index in [4.69, 9.17) is 21.3 Å². The lowest BCUT2D eigenvalue weighted by molar-refractivity contribution is 0.0376. The molecule has 0 radical (unpaired) electrons. The standard InChI is InChI=1S/C28H29ClN4O4S2.ClH/c1-20-18-22(29)19-25-26(20)30-28(38-25)33(13-5-12-32-14-16-37-17-15-32)27(34)21-8-10-23(11-9-21)31-39(35,36)24-6-3-2-4-7-24;/h2-4,6-11,18-19,31H,5,12-17H2,1H3;1H. The van der Waals surface area contributed by atoms with Crippen LogP contribution in [0, 0.1) is 6.92 Å². The number of benzene rings is 3. The van der Waals surface area contributed by atoms with E-state index < -0.39 is 10.0 Å². The largest absolute Gasteiger partial charge is 0.379 e. The highest BCUT2D eigenvalue weighted by molar-refractivity contribution is 7.92. The predicted octanol–water partition coefficient (Wildman–Crippen LogP) is 5.85. The molecule has 0 bridgehead atoms. The van der Waals surface area contributed by atoms with E-state index in [2.05, 4.69) is 9.62 Å². The average Bonchev–Trinajstić information content (AvgIpc) is 3.36. The molecule has 5 rings (SSSR count). The highest BCUT2D eigenvalue weighted by atomic mass is 35.5. The molecule has 0 aliphatic carbocycles. The molecule has 1 aliphatic heterocycles. The van der Waals surface area contributed by atoms with Gasteiger partial charge in [-0.25, -0.2) is 13.4 Å². The molecule has 0 spiro atoms. The van der Waals surface area contributed by atoms with E-state index >= 15 is 0 Å². The lowest BCUT2D eigenvalue weighted by Crippen LogP contribution is -2.39. The van der Waals surface area contributed by atoms with Gasteiger partial charge >= 0.3 is 0 Å².